The number of nitro benzene ring substituents is 1. The number of thioether (sulfide) groups is 1. The summed E-state index contributed by atoms with van der Waals surface area (Å²) in [4.78, 5) is 27.0. The van der Waals surface area contributed by atoms with E-state index in [-0.39, 0.29) is 18.0 Å². The summed E-state index contributed by atoms with van der Waals surface area (Å²) in [6.07, 6.45) is 4.46. The molecule has 2 aromatic rings. The second kappa shape index (κ2) is 8.46. The molecule has 0 bridgehead atoms. The number of benzene rings is 1. The normalized spacial score (nSPS) is 13.4. The van der Waals surface area contributed by atoms with Crippen LogP contribution in [0.2, 0.25) is 0 Å². The van der Waals surface area contributed by atoms with Crippen molar-refractivity contribution in [3.63, 3.8) is 0 Å². The molecule has 138 valence electrons. The first-order valence-corrected chi connectivity index (χ1v) is 9.68. The van der Waals surface area contributed by atoms with Crippen molar-refractivity contribution in [2.75, 3.05) is 6.61 Å². The molecule has 1 aliphatic carbocycles. The highest BCUT2D eigenvalue weighted by Gasteiger charge is 2.20. The van der Waals surface area contributed by atoms with Crippen molar-refractivity contribution in [2.24, 2.45) is 0 Å². The average Bonchev–Trinajstić information content (AvgIpc) is 2.66. The van der Waals surface area contributed by atoms with Gasteiger partial charge in [0.15, 0.2) is 0 Å². The standard InChI is InChI=1S/C18H21N3O4S/c22-11-3-10-20-16-5-2-1-4-15(16)17(19-18(20)23)26-12-13-6-8-14(9-7-13)21(24)25/h6-9,22H,1-5,10-12H2. The Kier molecular flexibility index (Phi) is 6.05. The van der Waals surface area contributed by atoms with Gasteiger partial charge < -0.3 is 5.11 Å². The first-order valence-electron chi connectivity index (χ1n) is 8.69. The van der Waals surface area contributed by atoms with Crippen LogP contribution >= 0.6 is 11.8 Å². The fourth-order valence-corrected chi connectivity index (χ4v) is 4.22. The van der Waals surface area contributed by atoms with Gasteiger partial charge in [0.1, 0.15) is 5.03 Å². The summed E-state index contributed by atoms with van der Waals surface area (Å²) in [5, 5.41) is 20.6. The first kappa shape index (κ1) is 18.6. The van der Waals surface area contributed by atoms with Crippen molar-refractivity contribution < 1.29 is 10.0 Å². The van der Waals surface area contributed by atoms with E-state index in [4.69, 9.17) is 5.11 Å². The van der Waals surface area contributed by atoms with Crippen LogP contribution in [0.5, 0.6) is 0 Å². The number of non-ortho nitro benzene ring substituents is 1. The second-order valence-electron chi connectivity index (χ2n) is 6.27. The Hall–Kier alpha value is -2.19. The molecule has 0 fully saturated rings. The molecule has 0 amide bonds. The summed E-state index contributed by atoms with van der Waals surface area (Å²) in [5.74, 6) is 0.609. The van der Waals surface area contributed by atoms with E-state index in [1.54, 1.807) is 16.7 Å². The number of hydrogen-bond acceptors (Lipinski definition) is 6. The predicted molar refractivity (Wildman–Crippen MR) is 99.5 cm³/mol. The first-order chi connectivity index (χ1) is 12.6. The molecule has 1 N–H and O–H groups in total. The highest BCUT2D eigenvalue weighted by Crippen LogP contribution is 2.30. The molecule has 1 aromatic heterocycles. The minimum absolute atomic E-state index is 0.0534. The van der Waals surface area contributed by atoms with Crippen LogP contribution < -0.4 is 5.69 Å². The van der Waals surface area contributed by atoms with E-state index in [1.165, 1.54) is 23.9 Å². The minimum Gasteiger partial charge on any atom is -0.396 e. The fourth-order valence-electron chi connectivity index (χ4n) is 3.19. The number of aliphatic hydroxyl groups is 1. The molecule has 1 aliphatic rings. The number of fused-ring (bicyclic) bond motifs is 1. The van der Waals surface area contributed by atoms with Crippen LogP contribution in [0, 0.1) is 10.1 Å². The minimum atomic E-state index is -0.416. The van der Waals surface area contributed by atoms with Gasteiger partial charge in [-0.25, -0.2) is 4.79 Å². The topological polar surface area (TPSA) is 98.3 Å². The molecular formula is C18H21N3O4S. The predicted octanol–water partition coefficient (Wildman–Crippen LogP) is 2.71. The van der Waals surface area contributed by atoms with Gasteiger partial charge in [-0.2, -0.15) is 4.98 Å². The molecule has 1 aromatic carbocycles. The van der Waals surface area contributed by atoms with Crippen LogP contribution in [0.1, 0.15) is 36.1 Å². The summed E-state index contributed by atoms with van der Waals surface area (Å²) in [6, 6.07) is 6.46. The molecule has 0 radical (unpaired) electrons. The molecule has 26 heavy (non-hydrogen) atoms. The lowest BCUT2D eigenvalue weighted by molar-refractivity contribution is -0.384. The van der Waals surface area contributed by atoms with E-state index < -0.39 is 4.92 Å². The summed E-state index contributed by atoms with van der Waals surface area (Å²) in [5.41, 5.74) is 2.96. The fraction of sp³-hybridized carbons (Fsp3) is 0.444. The highest BCUT2D eigenvalue weighted by atomic mass is 32.2. The number of nitrogens with zero attached hydrogens (tertiary/aromatic N) is 3. The number of rotatable bonds is 7. The summed E-state index contributed by atoms with van der Waals surface area (Å²) < 4.78 is 1.71. The molecule has 7 nitrogen and oxygen atoms in total. The third-order valence-electron chi connectivity index (χ3n) is 4.51. The maximum absolute atomic E-state index is 12.4. The third kappa shape index (κ3) is 4.13. The Balaban J connectivity index is 1.82. The Labute approximate surface area is 155 Å². The van der Waals surface area contributed by atoms with Gasteiger partial charge >= 0.3 is 5.69 Å². The van der Waals surface area contributed by atoms with E-state index in [1.807, 2.05) is 0 Å². The summed E-state index contributed by atoms with van der Waals surface area (Å²) >= 11 is 1.51. The zero-order valence-electron chi connectivity index (χ0n) is 14.4. The smallest absolute Gasteiger partial charge is 0.348 e. The Bertz CT molecular complexity index is 849. The molecule has 0 saturated carbocycles. The van der Waals surface area contributed by atoms with Gasteiger partial charge in [0.2, 0.25) is 0 Å². The Morgan fingerprint density at radius 1 is 1.23 bits per heavy atom. The van der Waals surface area contributed by atoms with Crippen LogP contribution in [0.25, 0.3) is 0 Å². The lowest BCUT2D eigenvalue weighted by Crippen LogP contribution is -2.30. The van der Waals surface area contributed by atoms with Gasteiger partial charge in [-0.15, -0.1) is 11.8 Å². The van der Waals surface area contributed by atoms with Crippen molar-refractivity contribution in [3.05, 3.63) is 61.7 Å². The second-order valence-corrected chi connectivity index (χ2v) is 7.24. The Morgan fingerprint density at radius 3 is 2.65 bits per heavy atom. The van der Waals surface area contributed by atoms with E-state index in [0.717, 1.165) is 47.5 Å². The molecule has 0 unspecified atom stereocenters. The van der Waals surface area contributed by atoms with Crippen LogP contribution in [0.3, 0.4) is 0 Å². The molecule has 1 heterocycles. The van der Waals surface area contributed by atoms with E-state index in [2.05, 4.69) is 4.98 Å². The molecule has 0 spiro atoms. The Morgan fingerprint density at radius 2 is 1.96 bits per heavy atom. The van der Waals surface area contributed by atoms with E-state index in [9.17, 15) is 14.9 Å². The van der Waals surface area contributed by atoms with Crippen LogP contribution in [-0.2, 0) is 25.1 Å². The van der Waals surface area contributed by atoms with Crippen LogP contribution in [-0.4, -0.2) is 26.2 Å². The monoisotopic (exact) mass is 375 g/mol. The van der Waals surface area contributed by atoms with Crippen molar-refractivity contribution >= 4 is 17.4 Å². The zero-order chi connectivity index (χ0) is 18.5. The summed E-state index contributed by atoms with van der Waals surface area (Å²) in [6.45, 7) is 0.551. The zero-order valence-corrected chi connectivity index (χ0v) is 15.2. The van der Waals surface area contributed by atoms with Gasteiger partial charge in [-0.3, -0.25) is 14.7 Å². The van der Waals surface area contributed by atoms with E-state index in [0.29, 0.717) is 18.7 Å². The maximum atomic E-state index is 12.4. The lowest BCUT2D eigenvalue weighted by Gasteiger charge is -2.22. The third-order valence-corrected chi connectivity index (χ3v) is 5.60. The van der Waals surface area contributed by atoms with Gasteiger partial charge in [-0.05, 0) is 37.7 Å². The molecule has 0 saturated heterocycles. The summed E-state index contributed by atoms with van der Waals surface area (Å²) in [7, 11) is 0. The van der Waals surface area contributed by atoms with Crippen molar-refractivity contribution in [3.8, 4) is 0 Å². The quantitative estimate of drug-likeness (QED) is 0.346. The highest BCUT2D eigenvalue weighted by molar-refractivity contribution is 7.98. The van der Waals surface area contributed by atoms with Crippen molar-refractivity contribution in [1.29, 1.82) is 0 Å². The average molecular weight is 375 g/mol. The molecule has 3 rings (SSSR count). The SMILES string of the molecule is O=c1nc(SCc2ccc([N+](=O)[O-])cc2)c2c(n1CCCO)CCCC2. The van der Waals surface area contributed by atoms with Crippen LogP contribution in [0.4, 0.5) is 5.69 Å². The molecule has 8 heteroatoms. The van der Waals surface area contributed by atoms with Crippen LogP contribution in [0.15, 0.2) is 34.1 Å². The van der Waals surface area contributed by atoms with Gasteiger partial charge in [-0.1, -0.05) is 12.1 Å². The van der Waals surface area contributed by atoms with Gasteiger partial charge in [0.25, 0.3) is 5.69 Å². The largest absolute Gasteiger partial charge is 0.396 e. The number of aromatic nitrogens is 2. The maximum Gasteiger partial charge on any atom is 0.348 e. The van der Waals surface area contributed by atoms with Gasteiger partial charge in [0.05, 0.1) is 4.92 Å². The number of nitro groups is 1. The molecule has 0 atom stereocenters. The van der Waals surface area contributed by atoms with Crippen molar-refractivity contribution in [2.45, 2.75) is 49.4 Å². The van der Waals surface area contributed by atoms with Gasteiger partial charge in [0, 0.05) is 42.3 Å². The number of hydrogen-bond donors (Lipinski definition) is 1. The molecular weight excluding hydrogens is 354 g/mol. The molecule has 0 aliphatic heterocycles. The van der Waals surface area contributed by atoms with Crippen molar-refractivity contribution in [1.82, 2.24) is 9.55 Å². The lowest BCUT2D eigenvalue weighted by atomic mass is 9.97. The van der Waals surface area contributed by atoms with E-state index >= 15 is 0 Å². The number of aliphatic hydroxyl groups excluding tert-OH is 1.